The second-order valence-corrected chi connectivity index (χ2v) is 7.43. The van der Waals surface area contributed by atoms with Crippen molar-refractivity contribution in [3.8, 4) is 11.5 Å². The number of hydrogen-bond donors (Lipinski definition) is 2. The van der Waals surface area contributed by atoms with Crippen LogP contribution in [0.2, 0.25) is 0 Å². The quantitative estimate of drug-likeness (QED) is 0.666. The van der Waals surface area contributed by atoms with Gasteiger partial charge >= 0.3 is 0 Å². The largest absolute Gasteiger partial charge is 0.507 e. The molecular weight excluding hydrogens is 395 g/mol. The summed E-state index contributed by atoms with van der Waals surface area (Å²) in [5, 5.41) is 14.1. The van der Waals surface area contributed by atoms with Crippen LogP contribution in [0.1, 0.15) is 37.4 Å². The number of benzene rings is 2. The lowest BCUT2D eigenvalue weighted by Gasteiger charge is -2.36. The highest BCUT2D eigenvalue weighted by Crippen LogP contribution is 2.36. The fraction of sp³-hybridized carbons (Fsp3) is 0.455. The fourth-order valence-electron chi connectivity index (χ4n) is 3.55. The average molecular weight is 427 g/mol. The molecule has 0 unspecified atom stereocenters. The number of ether oxygens (including phenoxy) is 1. The van der Waals surface area contributed by atoms with Crippen molar-refractivity contribution in [2.24, 2.45) is 5.92 Å². The lowest BCUT2D eigenvalue weighted by Crippen LogP contribution is -2.45. The predicted molar refractivity (Wildman–Crippen MR) is 120 cm³/mol. The van der Waals surface area contributed by atoms with Gasteiger partial charge in [-0.3, -0.25) is 4.90 Å². The normalized spacial score (nSPS) is 15.4. The highest BCUT2D eigenvalue weighted by Gasteiger charge is 2.25. The molecule has 2 aromatic carbocycles. The number of phenols is 1. The van der Waals surface area contributed by atoms with Crippen LogP contribution in [0.3, 0.4) is 0 Å². The molecule has 2 N–H and O–H groups in total. The third-order valence-corrected chi connectivity index (χ3v) is 4.90. The predicted octanol–water partition coefficient (Wildman–Crippen LogP) is 4.81. The summed E-state index contributed by atoms with van der Waals surface area (Å²) in [5.74, 6) is 1.61. The molecule has 1 heterocycles. The van der Waals surface area contributed by atoms with Gasteiger partial charge in [-0.25, -0.2) is 0 Å². The highest BCUT2D eigenvalue weighted by molar-refractivity contribution is 5.85. The van der Waals surface area contributed by atoms with Crippen LogP contribution in [0.5, 0.6) is 11.5 Å². The minimum atomic E-state index is 0. The van der Waals surface area contributed by atoms with Crippen molar-refractivity contribution in [3.05, 3.63) is 59.7 Å². The molecule has 4 nitrogen and oxygen atoms in total. The molecule has 28 heavy (non-hydrogen) atoms. The second-order valence-electron chi connectivity index (χ2n) is 7.43. The van der Waals surface area contributed by atoms with Gasteiger partial charge in [-0.2, -0.15) is 0 Å². The molecule has 156 valence electrons. The van der Waals surface area contributed by atoms with E-state index in [1.165, 1.54) is 0 Å². The fourth-order valence-corrected chi connectivity index (χ4v) is 3.55. The number of nitrogens with one attached hydrogen (secondary N) is 1. The van der Waals surface area contributed by atoms with E-state index in [9.17, 15) is 5.11 Å². The first-order chi connectivity index (χ1) is 12.6. The van der Waals surface area contributed by atoms with E-state index in [0.717, 1.165) is 43.7 Å². The van der Waals surface area contributed by atoms with E-state index >= 15 is 0 Å². The minimum absolute atomic E-state index is 0. The lowest BCUT2D eigenvalue weighted by molar-refractivity contribution is 0.151. The molecule has 1 fully saturated rings. The SMILES string of the molecule is CC(C)C[C@H](c1ccc(OCc2ccccc2)cc1O)N1CCNCC1.Cl.Cl. The molecule has 0 radical (unpaired) electrons. The third-order valence-electron chi connectivity index (χ3n) is 4.90. The van der Waals surface area contributed by atoms with Crippen molar-refractivity contribution in [1.29, 1.82) is 0 Å². The van der Waals surface area contributed by atoms with E-state index in [1.54, 1.807) is 6.07 Å². The van der Waals surface area contributed by atoms with E-state index in [4.69, 9.17) is 4.74 Å². The van der Waals surface area contributed by atoms with Crippen LogP contribution in [0.4, 0.5) is 0 Å². The zero-order valence-corrected chi connectivity index (χ0v) is 18.3. The summed E-state index contributed by atoms with van der Waals surface area (Å²) in [6, 6.07) is 16.1. The van der Waals surface area contributed by atoms with Crippen molar-refractivity contribution < 1.29 is 9.84 Å². The van der Waals surface area contributed by atoms with Gasteiger partial charge in [-0.05, 0) is 24.0 Å². The Hall–Kier alpha value is -1.46. The maximum atomic E-state index is 10.7. The minimum Gasteiger partial charge on any atom is -0.507 e. The first-order valence-electron chi connectivity index (χ1n) is 9.58. The number of halogens is 2. The number of piperazine rings is 1. The van der Waals surface area contributed by atoms with Gasteiger partial charge < -0.3 is 15.2 Å². The molecule has 0 aromatic heterocycles. The van der Waals surface area contributed by atoms with Crippen LogP contribution in [0.25, 0.3) is 0 Å². The number of rotatable bonds is 7. The molecule has 1 saturated heterocycles. The van der Waals surface area contributed by atoms with E-state index in [-0.39, 0.29) is 30.9 Å². The van der Waals surface area contributed by atoms with Crippen LogP contribution >= 0.6 is 24.8 Å². The Kier molecular flexibility index (Phi) is 10.7. The third kappa shape index (κ3) is 6.85. The Morgan fingerprint density at radius 1 is 1.04 bits per heavy atom. The van der Waals surface area contributed by atoms with Crippen LogP contribution in [-0.2, 0) is 6.61 Å². The molecule has 0 aliphatic carbocycles. The number of phenolic OH excluding ortho intramolecular Hbond substituents is 1. The van der Waals surface area contributed by atoms with Gasteiger partial charge in [-0.1, -0.05) is 50.2 Å². The van der Waals surface area contributed by atoms with Gasteiger partial charge in [0.25, 0.3) is 0 Å². The molecule has 1 aliphatic rings. The molecule has 2 aromatic rings. The smallest absolute Gasteiger partial charge is 0.124 e. The van der Waals surface area contributed by atoms with Crippen molar-refractivity contribution in [2.45, 2.75) is 32.9 Å². The Morgan fingerprint density at radius 3 is 2.32 bits per heavy atom. The van der Waals surface area contributed by atoms with Crippen molar-refractivity contribution >= 4 is 24.8 Å². The maximum Gasteiger partial charge on any atom is 0.124 e. The summed E-state index contributed by atoms with van der Waals surface area (Å²) in [4.78, 5) is 2.48. The van der Waals surface area contributed by atoms with Crippen molar-refractivity contribution in [2.75, 3.05) is 26.2 Å². The number of hydrogen-bond acceptors (Lipinski definition) is 4. The molecular formula is C22H32Cl2N2O2. The molecule has 0 saturated carbocycles. The zero-order chi connectivity index (χ0) is 18.4. The molecule has 0 bridgehead atoms. The van der Waals surface area contributed by atoms with Gasteiger partial charge in [-0.15, -0.1) is 24.8 Å². The number of aromatic hydroxyl groups is 1. The van der Waals surface area contributed by atoms with E-state index in [2.05, 4.69) is 24.1 Å². The van der Waals surface area contributed by atoms with Crippen molar-refractivity contribution in [1.82, 2.24) is 10.2 Å². The van der Waals surface area contributed by atoms with E-state index < -0.39 is 0 Å². The van der Waals surface area contributed by atoms with Gasteiger partial charge in [0.15, 0.2) is 0 Å². The van der Waals surface area contributed by atoms with Crippen LogP contribution < -0.4 is 10.1 Å². The van der Waals surface area contributed by atoms with Gasteiger partial charge in [0.05, 0.1) is 0 Å². The standard InChI is InChI=1S/C22H30N2O2.2ClH/c1-17(2)14-21(24-12-10-23-11-13-24)20-9-8-19(15-22(20)25)26-16-18-6-4-3-5-7-18;;/h3-9,15,17,21,23,25H,10-14,16H2,1-2H3;2*1H/t21-;;/m1../s1. The second kappa shape index (κ2) is 12.2. The topological polar surface area (TPSA) is 44.7 Å². The lowest BCUT2D eigenvalue weighted by atomic mass is 9.94. The zero-order valence-electron chi connectivity index (χ0n) is 16.6. The Bertz CT molecular complexity index is 692. The van der Waals surface area contributed by atoms with E-state index in [0.29, 0.717) is 24.0 Å². The molecule has 1 atom stereocenters. The molecule has 6 heteroatoms. The first-order valence-corrected chi connectivity index (χ1v) is 9.58. The summed E-state index contributed by atoms with van der Waals surface area (Å²) in [6.45, 7) is 9.04. The summed E-state index contributed by atoms with van der Waals surface area (Å²) in [6.07, 6.45) is 1.04. The number of nitrogens with zero attached hydrogens (tertiary/aromatic N) is 1. The van der Waals surface area contributed by atoms with E-state index in [1.807, 2.05) is 42.5 Å². The molecule has 3 rings (SSSR count). The Labute approximate surface area is 181 Å². The summed E-state index contributed by atoms with van der Waals surface area (Å²) < 4.78 is 5.85. The van der Waals surface area contributed by atoms with Crippen LogP contribution in [0, 0.1) is 5.92 Å². The van der Waals surface area contributed by atoms with Gasteiger partial charge in [0.1, 0.15) is 18.1 Å². The Morgan fingerprint density at radius 2 is 1.71 bits per heavy atom. The van der Waals surface area contributed by atoms with Crippen LogP contribution in [0.15, 0.2) is 48.5 Å². The highest BCUT2D eigenvalue weighted by atomic mass is 35.5. The maximum absolute atomic E-state index is 10.7. The van der Waals surface area contributed by atoms with Crippen LogP contribution in [-0.4, -0.2) is 36.2 Å². The molecule has 0 spiro atoms. The summed E-state index contributed by atoms with van der Waals surface area (Å²) >= 11 is 0. The summed E-state index contributed by atoms with van der Waals surface area (Å²) in [7, 11) is 0. The molecule has 1 aliphatic heterocycles. The van der Waals surface area contributed by atoms with Crippen molar-refractivity contribution in [3.63, 3.8) is 0 Å². The van der Waals surface area contributed by atoms with Gasteiger partial charge in [0.2, 0.25) is 0 Å². The summed E-state index contributed by atoms with van der Waals surface area (Å²) in [5.41, 5.74) is 2.13. The average Bonchev–Trinajstić information content (AvgIpc) is 2.66. The first kappa shape index (κ1) is 24.6. The monoisotopic (exact) mass is 426 g/mol. The van der Waals surface area contributed by atoms with Gasteiger partial charge in [0, 0.05) is 43.9 Å². The molecule has 0 amide bonds. The Balaban J connectivity index is 0.00000196.